The number of rotatable bonds is 7. The highest BCUT2D eigenvalue weighted by Crippen LogP contribution is 2.69. The van der Waals surface area contributed by atoms with Gasteiger partial charge in [-0.1, -0.05) is 25.5 Å². The van der Waals surface area contributed by atoms with Crippen LogP contribution in [0.5, 0.6) is 5.75 Å². The van der Waals surface area contributed by atoms with E-state index in [0.717, 1.165) is 12.0 Å². The van der Waals surface area contributed by atoms with Gasteiger partial charge in [-0.05, 0) is 92.7 Å². The summed E-state index contributed by atoms with van der Waals surface area (Å²) in [6.07, 6.45) is 6.15. The molecule has 3 saturated carbocycles. The zero-order valence-electron chi connectivity index (χ0n) is 23.7. The summed E-state index contributed by atoms with van der Waals surface area (Å²) >= 11 is 0. The van der Waals surface area contributed by atoms with Gasteiger partial charge in [-0.3, -0.25) is 9.59 Å². The van der Waals surface area contributed by atoms with Crippen LogP contribution < -0.4 is 10.1 Å². The van der Waals surface area contributed by atoms with Gasteiger partial charge in [0.15, 0.2) is 11.5 Å². The molecule has 1 aromatic carbocycles. The number of halogens is 1. The van der Waals surface area contributed by atoms with Gasteiger partial charge < -0.3 is 19.9 Å². The Morgan fingerprint density at radius 1 is 1.18 bits per heavy atom. The summed E-state index contributed by atoms with van der Waals surface area (Å²) in [5.74, 6) is -0.648. The first kappa shape index (κ1) is 28.5. The summed E-state index contributed by atoms with van der Waals surface area (Å²) in [6.45, 7) is 6.78. The number of fused-ring (bicyclic) bond motifs is 5. The summed E-state index contributed by atoms with van der Waals surface area (Å²) in [6, 6.07) is 6.69. The predicted octanol–water partition coefficient (Wildman–Crippen LogP) is 4.59. The van der Waals surface area contributed by atoms with E-state index >= 15 is 4.39 Å². The second kappa shape index (κ2) is 10.4. The Hall–Kier alpha value is -3.00. The zero-order valence-corrected chi connectivity index (χ0v) is 23.7. The number of carbonyl (C=O) groups excluding carboxylic acids is 3. The van der Waals surface area contributed by atoms with E-state index in [1.165, 1.54) is 13.2 Å². The third-order valence-corrected chi connectivity index (χ3v) is 10.4. The molecule has 7 nitrogen and oxygen atoms in total. The van der Waals surface area contributed by atoms with E-state index in [0.29, 0.717) is 43.7 Å². The molecule has 216 valence electrons. The van der Waals surface area contributed by atoms with Gasteiger partial charge in [0.1, 0.15) is 5.75 Å². The van der Waals surface area contributed by atoms with Crippen molar-refractivity contribution in [1.82, 2.24) is 5.32 Å². The minimum Gasteiger partial charge on any atom is -0.494 e. The smallest absolute Gasteiger partial charge is 0.337 e. The van der Waals surface area contributed by atoms with Crippen LogP contribution in [-0.4, -0.2) is 54.8 Å². The molecule has 0 saturated heterocycles. The standard InChI is InChI=1S/C32H40FNO6/c1-19-16-25-24-11-8-21-17-22(35)12-13-31(21,3)32(24,33)26(36)18-30(25,2)27(19)28(37)34-14-5-15-40-23-9-6-20(7-10-23)29(38)39-4/h6-7,9-10,12-13,17,19,24-27,36H,5,8,11,14-16,18H2,1-4H3,(H,34,37). The molecule has 0 radical (unpaired) electrons. The average Bonchev–Trinajstić information content (AvgIpc) is 3.19. The Labute approximate surface area is 235 Å². The number of carbonyl (C=O) groups is 3. The zero-order chi connectivity index (χ0) is 28.9. The molecule has 0 heterocycles. The molecule has 8 atom stereocenters. The fourth-order valence-electron chi connectivity index (χ4n) is 8.53. The molecule has 0 bridgehead atoms. The van der Waals surface area contributed by atoms with Crippen molar-refractivity contribution in [1.29, 1.82) is 0 Å². The van der Waals surface area contributed by atoms with Crippen molar-refractivity contribution in [3.05, 3.63) is 53.6 Å². The summed E-state index contributed by atoms with van der Waals surface area (Å²) < 4.78 is 27.7. The van der Waals surface area contributed by atoms with Crippen LogP contribution in [0.2, 0.25) is 0 Å². The number of allylic oxidation sites excluding steroid dienone is 4. The maximum Gasteiger partial charge on any atom is 0.337 e. The first-order valence-electron chi connectivity index (χ1n) is 14.4. The van der Waals surface area contributed by atoms with Gasteiger partial charge in [-0.25, -0.2) is 9.18 Å². The van der Waals surface area contributed by atoms with E-state index in [-0.39, 0.29) is 41.8 Å². The molecule has 0 aromatic heterocycles. The number of alkyl halides is 1. The molecule has 1 amide bonds. The molecule has 4 aliphatic carbocycles. The predicted molar refractivity (Wildman–Crippen MR) is 147 cm³/mol. The number of esters is 1. The summed E-state index contributed by atoms with van der Waals surface area (Å²) in [7, 11) is 1.33. The molecule has 2 N–H and O–H groups in total. The van der Waals surface area contributed by atoms with Crippen molar-refractivity contribution in [3.63, 3.8) is 0 Å². The Morgan fingerprint density at radius 2 is 1.90 bits per heavy atom. The number of ether oxygens (including phenoxy) is 2. The Kier molecular flexibility index (Phi) is 7.44. The van der Waals surface area contributed by atoms with Gasteiger partial charge in [0.25, 0.3) is 0 Å². The quantitative estimate of drug-likeness (QED) is 0.378. The number of aliphatic hydroxyl groups excluding tert-OH is 1. The lowest BCUT2D eigenvalue weighted by Crippen LogP contribution is -2.67. The molecule has 4 aliphatic rings. The van der Waals surface area contributed by atoms with Crippen LogP contribution in [0.3, 0.4) is 0 Å². The summed E-state index contributed by atoms with van der Waals surface area (Å²) in [5, 5.41) is 14.5. The lowest BCUT2D eigenvalue weighted by molar-refractivity contribution is -0.195. The number of benzene rings is 1. The van der Waals surface area contributed by atoms with Gasteiger partial charge in [0, 0.05) is 23.8 Å². The van der Waals surface area contributed by atoms with Crippen LogP contribution in [0.4, 0.5) is 4.39 Å². The fraction of sp³-hybridized carbons (Fsp3) is 0.594. The highest BCUT2D eigenvalue weighted by molar-refractivity contribution is 6.01. The second-order valence-corrected chi connectivity index (χ2v) is 12.6. The molecule has 3 fully saturated rings. The number of ketones is 1. The van der Waals surface area contributed by atoms with E-state index in [1.54, 1.807) is 36.4 Å². The molecule has 8 unspecified atom stereocenters. The average molecular weight is 554 g/mol. The van der Waals surface area contributed by atoms with Crippen LogP contribution in [0.25, 0.3) is 0 Å². The van der Waals surface area contributed by atoms with Gasteiger partial charge in [0.05, 0.1) is 25.4 Å². The maximum absolute atomic E-state index is 17.2. The van der Waals surface area contributed by atoms with Crippen LogP contribution in [0, 0.1) is 34.5 Å². The molecule has 8 heteroatoms. The van der Waals surface area contributed by atoms with Crippen molar-refractivity contribution in [3.8, 4) is 5.75 Å². The lowest BCUT2D eigenvalue weighted by atomic mass is 9.45. The van der Waals surface area contributed by atoms with Crippen molar-refractivity contribution in [2.75, 3.05) is 20.3 Å². The number of amides is 1. The molecule has 0 spiro atoms. The number of methoxy groups -OCH3 is 1. The minimum absolute atomic E-state index is 0.0349. The van der Waals surface area contributed by atoms with Gasteiger partial charge >= 0.3 is 5.97 Å². The van der Waals surface area contributed by atoms with E-state index in [9.17, 15) is 19.5 Å². The Balaban J connectivity index is 1.22. The minimum atomic E-state index is -1.88. The highest BCUT2D eigenvalue weighted by Gasteiger charge is 2.71. The normalized spacial score (nSPS) is 38.0. The molecule has 1 aromatic rings. The van der Waals surface area contributed by atoms with E-state index in [2.05, 4.69) is 19.2 Å². The third-order valence-electron chi connectivity index (χ3n) is 10.4. The van der Waals surface area contributed by atoms with E-state index < -0.39 is 28.6 Å². The molecular formula is C32H40FNO6. The first-order valence-corrected chi connectivity index (χ1v) is 14.4. The van der Waals surface area contributed by atoms with Gasteiger partial charge in [0.2, 0.25) is 5.91 Å². The van der Waals surface area contributed by atoms with Crippen molar-refractivity contribution >= 4 is 17.7 Å². The van der Waals surface area contributed by atoms with Gasteiger partial charge in [-0.15, -0.1) is 0 Å². The van der Waals surface area contributed by atoms with Crippen LogP contribution in [0.1, 0.15) is 63.2 Å². The molecule has 0 aliphatic heterocycles. The lowest BCUT2D eigenvalue weighted by Gasteiger charge is -2.61. The number of aliphatic hydroxyl groups is 1. The summed E-state index contributed by atoms with van der Waals surface area (Å²) in [5.41, 5.74) is -2.21. The number of nitrogens with one attached hydrogen (secondary N) is 1. The van der Waals surface area contributed by atoms with Crippen LogP contribution in [0.15, 0.2) is 48.1 Å². The number of hydrogen-bond acceptors (Lipinski definition) is 6. The van der Waals surface area contributed by atoms with Crippen molar-refractivity contribution in [2.24, 2.45) is 34.5 Å². The summed E-state index contributed by atoms with van der Waals surface area (Å²) in [4.78, 5) is 37.1. The number of hydrogen-bond donors (Lipinski definition) is 2. The third kappa shape index (κ3) is 4.39. The SMILES string of the molecule is COC(=O)c1ccc(OCCCNC(=O)C2C(C)CC3C4CCC5=CC(=O)C=CC5(C)C4(F)C(O)CC32C)cc1. The fourth-order valence-corrected chi connectivity index (χ4v) is 8.53. The van der Waals surface area contributed by atoms with Crippen molar-refractivity contribution in [2.45, 2.75) is 64.6 Å². The second-order valence-electron chi connectivity index (χ2n) is 12.6. The topological polar surface area (TPSA) is 102 Å². The van der Waals surface area contributed by atoms with Gasteiger partial charge in [-0.2, -0.15) is 0 Å². The van der Waals surface area contributed by atoms with Crippen molar-refractivity contribution < 1.29 is 33.4 Å². The van der Waals surface area contributed by atoms with E-state index in [1.807, 2.05) is 6.92 Å². The van der Waals surface area contributed by atoms with Crippen LogP contribution >= 0.6 is 0 Å². The monoisotopic (exact) mass is 553 g/mol. The first-order chi connectivity index (χ1) is 19.0. The van der Waals surface area contributed by atoms with E-state index in [4.69, 9.17) is 9.47 Å². The largest absolute Gasteiger partial charge is 0.494 e. The highest BCUT2D eigenvalue weighted by atomic mass is 19.1. The molecular weight excluding hydrogens is 513 g/mol. The Morgan fingerprint density at radius 3 is 2.60 bits per heavy atom. The Bertz CT molecular complexity index is 1240. The van der Waals surface area contributed by atoms with Crippen LogP contribution in [-0.2, 0) is 14.3 Å². The maximum atomic E-state index is 17.2. The molecule has 40 heavy (non-hydrogen) atoms. The molecule has 5 rings (SSSR count).